The molecule has 0 radical (unpaired) electrons. The highest BCUT2D eigenvalue weighted by atomic mass is 32.1. The molecule has 0 fully saturated rings. The quantitative estimate of drug-likeness (QED) is 0.326. The molecule has 0 bridgehead atoms. The van der Waals surface area contributed by atoms with Crippen molar-refractivity contribution in [2.45, 2.75) is 32.6 Å². The maximum absolute atomic E-state index is 12.3. The fourth-order valence-electron chi connectivity index (χ4n) is 3.15. The van der Waals surface area contributed by atoms with Crippen molar-refractivity contribution in [1.82, 2.24) is 25.4 Å². The van der Waals surface area contributed by atoms with Gasteiger partial charge in [0.25, 0.3) is 0 Å². The number of anilines is 1. The molecule has 0 atom stereocenters. The van der Waals surface area contributed by atoms with Crippen LogP contribution in [0.4, 0.5) is 9.93 Å². The van der Waals surface area contributed by atoms with Gasteiger partial charge < -0.3 is 19.3 Å². The molecule has 0 aliphatic rings. The van der Waals surface area contributed by atoms with E-state index in [4.69, 9.17) is 14.0 Å². The molecule has 0 saturated heterocycles. The SMILES string of the molecule is COCCOc1cncc(-c2ccc3nc(NC(=O)NCCc4noc(C(C)(C)C)n4)sc3c2)c1. The zero-order chi connectivity index (χ0) is 24.8. The number of benzene rings is 1. The van der Waals surface area contributed by atoms with E-state index >= 15 is 0 Å². The van der Waals surface area contributed by atoms with Gasteiger partial charge in [-0.25, -0.2) is 9.78 Å². The molecule has 3 heterocycles. The number of amides is 2. The molecular formula is C24H28N6O4S. The normalized spacial score (nSPS) is 11.5. The highest BCUT2D eigenvalue weighted by molar-refractivity contribution is 7.22. The summed E-state index contributed by atoms with van der Waals surface area (Å²) in [5, 5.41) is 10.1. The van der Waals surface area contributed by atoms with E-state index in [0.717, 1.165) is 21.3 Å². The Bertz CT molecular complexity index is 1300. The van der Waals surface area contributed by atoms with Crippen LogP contribution in [0, 0.1) is 0 Å². The predicted octanol–water partition coefficient (Wildman–Crippen LogP) is 4.43. The summed E-state index contributed by atoms with van der Waals surface area (Å²) in [6, 6.07) is 7.51. The molecule has 2 N–H and O–H groups in total. The van der Waals surface area contributed by atoms with Gasteiger partial charge in [0.15, 0.2) is 11.0 Å². The topological polar surface area (TPSA) is 124 Å². The highest BCUT2D eigenvalue weighted by Gasteiger charge is 2.21. The van der Waals surface area contributed by atoms with Crippen LogP contribution in [-0.2, 0) is 16.6 Å². The minimum Gasteiger partial charge on any atom is -0.490 e. The lowest BCUT2D eigenvalue weighted by molar-refractivity contribution is 0.146. The summed E-state index contributed by atoms with van der Waals surface area (Å²) in [6.07, 6.45) is 3.93. The van der Waals surface area contributed by atoms with Crippen LogP contribution in [0.5, 0.6) is 5.75 Å². The van der Waals surface area contributed by atoms with E-state index in [1.165, 1.54) is 11.3 Å². The molecule has 0 aliphatic carbocycles. The summed E-state index contributed by atoms with van der Waals surface area (Å²) in [5.41, 5.74) is 2.51. The van der Waals surface area contributed by atoms with Gasteiger partial charge in [0, 0.05) is 37.3 Å². The Kier molecular flexibility index (Phi) is 7.57. The van der Waals surface area contributed by atoms with Crippen molar-refractivity contribution in [2.24, 2.45) is 0 Å². The first-order valence-electron chi connectivity index (χ1n) is 11.2. The number of aromatic nitrogens is 4. The third-order valence-electron chi connectivity index (χ3n) is 4.96. The Morgan fingerprint density at radius 1 is 1.11 bits per heavy atom. The lowest BCUT2D eigenvalue weighted by Gasteiger charge is -2.10. The maximum atomic E-state index is 12.3. The third-order valence-corrected chi connectivity index (χ3v) is 5.89. The number of fused-ring (bicyclic) bond motifs is 1. The molecule has 0 aliphatic heterocycles. The molecular weight excluding hydrogens is 468 g/mol. The summed E-state index contributed by atoms with van der Waals surface area (Å²) >= 11 is 1.40. The minimum atomic E-state index is -0.339. The summed E-state index contributed by atoms with van der Waals surface area (Å²) < 4.78 is 16.9. The summed E-state index contributed by atoms with van der Waals surface area (Å²) in [6.45, 7) is 7.35. The Balaban J connectivity index is 1.34. The molecule has 0 unspecified atom stereocenters. The van der Waals surface area contributed by atoms with Gasteiger partial charge in [-0.3, -0.25) is 10.3 Å². The van der Waals surface area contributed by atoms with Crippen LogP contribution in [0.15, 0.2) is 41.2 Å². The second kappa shape index (κ2) is 10.8. The van der Waals surface area contributed by atoms with Gasteiger partial charge in [0.05, 0.1) is 23.0 Å². The van der Waals surface area contributed by atoms with Gasteiger partial charge in [-0.2, -0.15) is 4.98 Å². The molecule has 11 heteroatoms. The van der Waals surface area contributed by atoms with Crippen molar-refractivity contribution in [3.05, 3.63) is 48.4 Å². The number of hydrogen-bond acceptors (Lipinski definition) is 9. The zero-order valence-corrected chi connectivity index (χ0v) is 20.9. The number of carbonyl (C=O) groups excluding carboxylic acids is 1. The number of ether oxygens (including phenoxy) is 2. The molecule has 0 spiro atoms. The third kappa shape index (κ3) is 6.52. The van der Waals surface area contributed by atoms with Crippen LogP contribution in [0.25, 0.3) is 21.3 Å². The zero-order valence-electron chi connectivity index (χ0n) is 20.1. The van der Waals surface area contributed by atoms with Crippen LogP contribution < -0.4 is 15.4 Å². The van der Waals surface area contributed by atoms with Gasteiger partial charge in [-0.1, -0.05) is 43.3 Å². The van der Waals surface area contributed by atoms with E-state index in [1.54, 1.807) is 19.5 Å². The summed E-state index contributed by atoms with van der Waals surface area (Å²) in [7, 11) is 1.63. The second-order valence-electron chi connectivity index (χ2n) is 8.85. The first-order chi connectivity index (χ1) is 16.8. The van der Waals surface area contributed by atoms with Crippen LogP contribution in [0.2, 0.25) is 0 Å². The van der Waals surface area contributed by atoms with E-state index < -0.39 is 0 Å². The van der Waals surface area contributed by atoms with Gasteiger partial charge in [-0.05, 0) is 23.8 Å². The molecule has 184 valence electrons. The van der Waals surface area contributed by atoms with Crippen LogP contribution in [-0.4, -0.2) is 53.0 Å². The predicted molar refractivity (Wildman–Crippen MR) is 134 cm³/mol. The van der Waals surface area contributed by atoms with Crippen LogP contribution in [0.3, 0.4) is 0 Å². The number of methoxy groups -OCH3 is 1. The fourth-order valence-corrected chi connectivity index (χ4v) is 4.05. The van der Waals surface area contributed by atoms with E-state index in [1.807, 2.05) is 45.0 Å². The fraction of sp³-hybridized carbons (Fsp3) is 0.375. The highest BCUT2D eigenvalue weighted by Crippen LogP contribution is 2.31. The number of carbonyl (C=O) groups is 1. The minimum absolute atomic E-state index is 0.208. The molecule has 3 aromatic heterocycles. The van der Waals surface area contributed by atoms with Crippen LogP contribution >= 0.6 is 11.3 Å². The van der Waals surface area contributed by atoms with Crippen molar-refractivity contribution >= 4 is 32.7 Å². The van der Waals surface area contributed by atoms with Gasteiger partial charge in [0.2, 0.25) is 5.89 Å². The molecule has 35 heavy (non-hydrogen) atoms. The standard InChI is InChI=1S/C24H28N6O4S/c1-24(2,3)21-28-20(30-34-21)7-8-26-22(31)29-23-27-18-6-5-15(12-19(18)35-23)16-11-17(14-25-13-16)33-10-9-32-4/h5-6,11-14H,7-10H2,1-4H3,(H2,26,27,29,31). The molecule has 0 saturated carbocycles. The number of thiazole rings is 1. The Labute approximate surface area is 207 Å². The smallest absolute Gasteiger partial charge is 0.321 e. The van der Waals surface area contributed by atoms with Gasteiger partial charge >= 0.3 is 6.03 Å². The number of urea groups is 1. The first kappa shape index (κ1) is 24.6. The average Bonchev–Trinajstić information content (AvgIpc) is 3.45. The Hall–Kier alpha value is -3.57. The lowest BCUT2D eigenvalue weighted by atomic mass is 9.97. The Morgan fingerprint density at radius 2 is 1.97 bits per heavy atom. The van der Waals surface area contributed by atoms with E-state index in [9.17, 15) is 4.79 Å². The van der Waals surface area contributed by atoms with E-state index in [2.05, 4.69) is 30.7 Å². The van der Waals surface area contributed by atoms with Crippen molar-refractivity contribution < 1.29 is 18.8 Å². The van der Waals surface area contributed by atoms with Crippen molar-refractivity contribution in [3.63, 3.8) is 0 Å². The first-order valence-corrected chi connectivity index (χ1v) is 12.0. The van der Waals surface area contributed by atoms with Crippen molar-refractivity contribution in [1.29, 1.82) is 0 Å². The summed E-state index contributed by atoms with van der Waals surface area (Å²) in [5.74, 6) is 1.82. The van der Waals surface area contributed by atoms with Crippen molar-refractivity contribution in [3.8, 4) is 16.9 Å². The van der Waals surface area contributed by atoms with Crippen molar-refractivity contribution in [2.75, 3.05) is 32.2 Å². The average molecular weight is 497 g/mol. The number of pyridine rings is 1. The number of nitrogens with one attached hydrogen (secondary N) is 2. The monoisotopic (exact) mass is 496 g/mol. The molecule has 4 rings (SSSR count). The lowest BCUT2D eigenvalue weighted by Crippen LogP contribution is -2.30. The molecule has 2 amide bonds. The molecule has 10 nitrogen and oxygen atoms in total. The van der Waals surface area contributed by atoms with Gasteiger partial charge in [-0.15, -0.1) is 0 Å². The number of hydrogen-bond donors (Lipinski definition) is 2. The van der Waals surface area contributed by atoms with Gasteiger partial charge in [0.1, 0.15) is 12.4 Å². The van der Waals surface area contributed by atoms with E-state index in [-0.39, 0.29) is 11.4 Å². The Morgan fingerprint density at radius 3 is 2.74 bits per heavy atom. The number of nitrogens with zero attached hydrogens (tertiary/aromatic N) is 4. The molecule has 1 aromatic carbocycles. The maximum Gasteiger partial charge on any atom is 0.321 e. The van der Waals surface area contributed by atoms with Crippen LogP contribution in [0.1, 0.15) is 32.5 Å². The second-order valence-corrected chi connectivity index (χ2v) is 9.88. The number of rotatable bonds is 9. The summed E-state index contributed by atoms with van der Waals surface area (Å²) in [4.78, 5) is 25.5. The largest absolute Gasteiger partial charge is 0.490 e. The molecule has 4 aromatic rings. The van der Waals surface area contributed by atoms with E-state index in [0.29, 0.717) is 48.8 Å².